The Morgan fingerprint density at radius 2 is 2.21 bits per heavy atom. The summed E-state index contributed by atoms with van der Waals surface area (Å²) in [6.07, 6.45) is 2.76. The second kappa shape index (κ2) is 5.71. The highest BCUT2D eigenvalue weighted by Gasteiger charge is 2.10. The van der Waals surface area contributed by atoms with Crippen molar-refractivity contribution in [3.05, 3.63) is 30.5 Å². The molecule has 2 heterocycles. The average Bonchev–Trinajstić information content (AvgIpc) is 2.94. The first-order valence-electron chi connectivity index (χ1n) is 5.66. The van der Waals surface area contributed by atoms with E-state index >= 15 is 0 Å². The molecule has 0 spiro atoms. The highest BCUT2D eigenvalue weighted by molar-refractivity contribution is 5.92. The fourth-order valence-corrected chi connectivity index (χ4v) is 1.39. The summed E-state index contributed by atoms with van der Waals surface area (Å²) < 4.78 is 4.95. The summed E-state index contributed by atoms with van der Waals surface area (Å²) in [5.41, 5.74) is 11.2. The van der Waals surface area contributed by atoms with Gasteiger partial charge in [-0.3, -0.25) is 15.6 Å². The van der Waals surface area contributed by atoms with Crippen molar-refractivity contribution in [2.24, 2.45) is 0 Å². The predicted molar refractivity (Wildman–Crippen MR) is 70.4 cm³/mol. The maximum Gasteiger partial charge on any atom is 0.305 e. The van der Waals surface area contributed by atoms with Gasteiger partial charge in [0.05, 0.1) is 6.26 Å². The third kappa shape index (κ3) is 2.92. The molecule has 8 nitrogen and oxygen atoms in total. The van der Waals surface area contributed by atoms with Crippen LogP contribution in [0, 0.1) is 0 Å². The average molecular weight is 262 g/mol. The molecule has 0 atom stereocenters. The van der Waals surface area contributed by atoms with E-state index < -0.39 is 5.91 Å². The van der Waals surface area contributed by atoms with Crippen LogP contribution in [0.3, 0.4) is 0 Å². The van der Waals surface area contributed by atoms with Gasteiger partial charge in [0.25, 0.3) is 0 Å². The summed E-state index contributed by atoms with van der Waals surface area (Å²) in [6, 6.07) is 3.17. The molecule has 2 aromatic rings. The molecule has 5 N–H and O–H groups in total. The van der Waals surface area contributed by atoms with Crippen LogP contribution in [-0.2, 0) is 0 Å². The number of hydrogen-bond donors (Lipinski definition) is 4. The molecule has 100 valence electrons. The van der Waals surface area contributed by atoms with E-state index in [1.54, 1.807) is 12.1 Å². The smallest absolute Gasteiger partial charge is 0.305 e. The van der Waals surface area contributed by atoms with E-state index in [0.717, 1.165) is 0 Å². The second-order valence-corrected chi connectivity index (χ2v) is 3.57. The van der Waals surface area contributed by atoms with Gasteiger partial charge in [0.15, 0.2) is 17.4 Å². The second-order valence-electron chi connectivity index (χ2n) is 3.57. The van der Waals surface area contributed by atoms with Gasteiger partial charge in [-0.1, -0.05) is 0 Å². The van der Waals surface area contributed by atoms with E-state index in [4.69, 9.17) is 10.2 Å². The number of hydrazine groups is 1. The van der Waals surface area contributed by atoms with E-state index in [-0.39, 0.29) is 5.76 Å². The number of hydrogen-bond acceptors (Lipinski definition) is 7. The molecule has 0 aliphatic rings. The van der Waals surface area contributed by atoms with Crippen LogP contribution in [0.4, 0.5) is 17.3 Å². The van der Waals surface area contributed by atoms with E-state index in [2.05, 4.69) is 26.1 Å². The van der Waals surface area contributed by atoms with Gasteiger partial charge in [-0.05, 0) is 19.1 Å². The molecule has 2 aromatic heterocycles. The van der Waals surface area contributed by atoms with Crippen molar-refractivity contribution >= 4 is 23.2 Å². The van der Waals surface area contributed by atoms with Crippen LogP contribution in [-0.4, -0.2) is 22.4 Å². The normalized spacial score (nSPS) is 9.95. The van der Waals surface area contributed by atoms with Crippen LogP contribution in [0.1, 0.15) is 17.5 Å². The number of rotatable bonds is 5. The Labute approximate surface area is 109 Å². The number of aromatic nitrogens is 2. The summed E-state index contributed by atoms with van der Waals surface area (Å²) >= 11 is 0. The lowest BCUT2D eigenvalue weighted by atomic mass is 10.4. The highest BCUT2D eigenvalue weighted by atomic mass is 16.3. The molecular formula is C11H14N6O2. The number of nitrogens with zero attached hydrogens (tertiary/aromatic N) is 2. The fourth-order valence-electron chi connectivity index (χ4n) is 1.39. The lowest BCUT2D eigenvalue weighted by molar-refractivity contribution is 0.0935. The van der Waals surface area contributed by atoms with Gasteiger partial charge in [0, 0.05) is 6.54 Å². The van der Waals surface area contributed by atoms with Crippen molar-refractivity contribution in [1.29, 1.82) is 0 Å². The highest BCUT2D eigenvalue weighted by Crippen LogP contribution is 2.21. The molecule has 0 radical (unpaired) electrons. The zero-order valence-corrected chi connectivity index (χ0v) is 10.3. The van der Waals surface area contributed by atoms with E-state index in [9.17, 15) is 4.79 Å². The SMILES string of the molecule is CCNc1ncnc(NNC(=O)c2ccco2)c1N. The van der Waals surface area contributed by atoms with Crippen LogP contribution in [0.2, 0.25) is 0 Å². The molecule has 0 unspecified atom stereocenters. The van der Waals surface area contributed by atoms with Gasteiger partial charge >= 0.3 is 5.91 Å². The topological polar surface area (TPSA) is 118 Å². The van der Waals surface area contributed by atoms with Crippen LogP contribution in [0.25, 0.3) is 0 Å². The number of anilines is 3. The number of nitrogens with two attached hydrogens (primary N) is 1. The lowest BCUT2D eigenvalue weighted by Crippen LogP contribution is -2.30. The van der Waals surface area contributed by atoms with Gasteiger partial charge in [0.1, 0.15) is 12.0 Å². The van der Waals surface area contributed by atoms with Crippen molar-refractivity contribution < 1.29 is 9.21 Å². The first-order chi connectivity index (χ1) is 9.22. The molecule has 0 aliphatic carbocycles. The largest absolute Gasteiger partial charge is 0.459 e. The molecule has 19 heavy (non-hydrogen) atoms. The number of carbonyl (C=O) groups is 1. The third-order valence-corrected chi connectivity index (χ3v) is 2.27. The van der Waals surface area contributed by atoms with E-state index in [1.165, 1.54) is 12.6 Å². The minimum atomic E-state index is -0.423. The summed E-state index contributed by atoms with van der Waals surface area (Å²) in [5, 5.41) is 2.98. The Balaban J connectivity index is 2.03. The molecule has 8 heteroatoms. The van der Waals surface area contributed by atoms with Gasteiger partial charge in [0.2, 0.25) is 0 Å². The van der Waals surface area contributed by atoms with Crippen molar-refractivity contribution in [3.8, 4) is 0 Å². The molecule has 0 fully saturated rings. The van der Waals surface area contributed by atoms with Gasteiger partial charge < -0.3 is 15.5 Å². The zero-order valence-electron chi connectivity index (χ0n) is 10.3. The van der Waals surface area contributed by atoms with E-state index in [0.29, 0.717) is 23.9 Å². The van der Waals surface area contributed by atoms with Gasteiger partial charge in [-0.2, -0.15) is 0 Å². The minimum absolute atomic E-state index is 0.187. The number of furan rings is 1. The first kappa shape index (κ1) is 12.7. The predicted octanol–water partition coefficient (Wildman–Crippen LogP) is 0.841. The molecule has 0 bridgehead atoms. The number of nitrogen functional groups attached to an aromatic ring is 1. The summed E-state index contributed by atoms with van der Waals surface area (Å²) in [7, 11) is 0. The van der Waals surface area contributed by atoms with Crippen molar-refractivity contribution in [1.82, 2.24) is 15.4 Å². The molecule has 0 aromatic carbocycles. The number of amides is 1. The Hall–Kier alpha value is -2.77. The number of nitrogens with one attached hydrogen (secondary N) is 3. The standard InChI is InChI=1S/C11H14N6O2/c1-2-13-9-8(12)10(15-6-14-9)16-17-11(18)7-4-3-5-19-7/h3-6H,2,12H2,1H3,(H,17,18)(H2,13,14,15,16). The monoisotopic (exact) mass is 262 g/mol. The Kier molecular flexibility index (Phi) is 3.81. The quantitative estimate of drug-likeness (QED) is 0.589. The summed E-state index contributed by atoms with van der Waals surface area (Å²) in [4.78, 5) is 19.6. The molecular weight excluding hydrogens is 248 g/mol. The van der Waals surface area contributed by atoms with Crippen molar-refractivity contribution in [2.75, 3.05) is 23.0 Å². The molecule has 0 saturated carbocycles. The molecule has 1 amide bonds. The van der Waals surface area contributed by atoms with E-state index in [1.807, 2.05) is 6.92 Å². The van der Waals surface area contributed by atoms with Crippen molar-refractivity contribution in [2.45, 2.75) is 6.92 Å². The molecule has 0 aliphatic heterocycles. The lowest BCUT2D eigenvalue weighted by Gasteiger charge is -2.11. The van der Waals surface area contributed by atoms with Crippen molar-refractivity contribution in [3.63, 3.8) is 0 Å². The van der Waals surface area contributed by atoms with Crippen LogP contribution in [0.5, 0.6) is 0 Å². The third-order valence-electron chi connectivity index (χ3n) is 2.27. The molecule has 0 saturated heterocycles. The van der Waals surface area contributed by atoms with Gasteiger partial charge in [-0.15, -0.1) is 0 Å². The number of carbonyl (C=O) groups excluding carboxylic acids is 1. The van der Waals surface area contributed by atoms with Crippen LogP contribution >= 0.6 is 0 Å². The maximum absolute atomic E-state index is 11.6. The Bertz CT molecular complexity index is 554. The van der Waals surface area contributed by atoms with Crippen LogP contribution in [0.15, 0.2) is 29.1 Å². The fraction of sp³-hybridized carbons (Fsp3) is 0.182. The zero-order chi connectivity index (χ0) is 13.7. The summed E-state index contributed by atoms with van der Waals surface area (Å²) in [5.74, 6) is 0.582. The Morgan fingerprint density at radius 1 is 1.42 bits per heavy atom. The van der Waals surface area contributed by atoms with Crippen LogP contribution < -0.4 is 21.9 Å². The minimum Gasteiger partial charge on any atom is -0.459 e. The van der Waals surface area contributed by atoms with Gasteiger partial charge in [-0.25, -0.2) is 9.97 Å². The molecule has 2 rings (SSSR count). The Morgan fingerprint density at radius 3 is 2.89 bits per heavy atom. The first-order valence-corrected chi connectivity index (χ1v) is 5.66. The summed E-state index contributed by atoms with van der Waals surface area (Å²) in [6.45, 7) is 2.60. The maximum atomic E-state index is 11.6.